The summed E-state index contributed by atoms with van der Waals surface area (Å²) in [7, 11) is 0. The summed E-state index contributed by atoms with van der Waals surface area (Å²) in [5.41, 5.74) is 5.72. The molecular formula is C22H29N3O. The molecule has 1 N–H and O–H groups in total. The molecule has 4 heteroatoms. The van der Waals surface area contributed by atoms with Crippen LogP contribution in [-0.2, 0) is 4.79 Å². The van der Waals surface area contributed by atoms with E-state index in [2.05, 4.69) is 59.3 Å². The minimum Gasteiger partial charge on any atom is -0.366 e. The number of amides is 1. The maximum Gasteiger partial charge on any atom is 0.238 e. The maximum absolute atomic E-state index is 12.5. The van der Waals surface area contributed by atoms with Crippen molar-refractivity contribution in [1.29, 1.82) is 0 Å². The molecule has 138 valence electrons. The van der Waals surface area contributed by atoms with Crippen LogP contribution in [0.5, 0.6) is 0 Å². The van der Waals surface area contributed by atoms with Crippen molar-refractivity contribution >= 4 is 17.3 Å². The van der Waals surface area contributed by atoms with Crippen LogP contribution in [0.25, 0.3) is 0 Å². The first-order valence-electron chi connectivity index (χ1n) is 9.35. The van der Waals surface area contributed by atoms with Crippen molar-refractivity contribution in [3.63, 3.8) is 0 Å². The third-order valence-corrected chi connectivity index (χ3v) is 5.11. The SMILES string of the molecule is Cc1ccc(N2CCN(CC(=O)Nc3cc(C)ccc3C)CC2C)cc1. The number of nitrogens with zero attached hydrogens (tertiary/aromatic N) is 2. The summed E-state index contributed by atoms with van der Waals surface area (Å²) in [6.07, 6.45) is 0. The third-order valence-electron chi connectivity index (χ3n) is 5.11. The zero-order chi connectivity index (χ0) is 18.7. The van der Waals surface area contributed by atoms with Crippen molar-refractivity contribution < 1.29 is 4.79 Å². The monoisotopic (exact) mass is 351 g/mol. The normalized spacial score (nSPS) is 18.0. The molecule has 1 aliphatic heterocycles. The van der Waals surface area contributed by atoms with Crippen molar-refractivity contribution in [2.45, 2.75) is 33.7 Å². The average molecular weight is 351 g/mol. The van der Waals surface area contributed by atoms with Gasteiger partial charge in [-0.2, -0.15) is 0 Å². The minimum absolute atomic E-state index is 0.0645. The minimum atomic E-state index is 0.0645. The molecule has 2 aromatic carbocycles. The van der Waals surface area contributed by atoms with E-state index in [0.29, 0.717) is 12.6 Å². The number of carbonyl (C=O) groups excluding carboxylic acids is 1. The zero-order valence-corrected chi connectivity index (χ0v) is 16.2. The second kappa shape index (κ2) is 7.92. The van der Waals surface area contributed by atoms with Gasteiger partial charge in [-0.15, -0.1) is 0 Å². The second-order valence-corrected chi connectivity index (χ2v) is 7.48. The van der Waals surface area contributed by atoms with Crippen LogP contribution in [-0.4, -0.2) is 43.0 Å². The van der Waals surface area contributed by atoms with E-state index >= 15 is 0 Å². The predicted molar refractivity (Wildman–Crippen MR) is 109 cm³/mol. The number of piperazine rings is 1. The van der Waals surface area contributed by atoms with Gasteiger partial charge in [0.15, 0.2) is 0 Å². The number of nitrogens with one attached hydrogen (secondary N) is 1. The number of hydrogen-bond donors (Lipinski definition) is 1. The Bertz CT molecular complexity index is 769. The van der Waals surface area contributed by atoms with Gasteiger partial charge in [-0.3, -0.25) is 9.69 Å². The Hall–Kier alpha value is -2.33. The van der Waals surface area contributed by atoms with Gasteiger partial charge in [-0.05, 0) is 57.0 Å². The molecule has 1 fully saturated rings. The molecule has 0 aromatic heterocycles. The molecule has 1 aliphatic rings. The first-order chi connectivity index (χ1) is 12.4. The molecule has 0 bridgehead atoms. The first kappa shape index (κ1) is 18.5. The number of anilines is 2. The van der Waals surface area contributed by atoms with Crippen LogP contribution in [0.2, 0.25) is 0 Å². The Morgan fingerprint density at radius 1 is 1.04 bits per heavy atom. The summed E-state index contributed by atoms with van der Waals surface area (Å²) in [6.45, 7) is 11.6. The van der Waals surface area contributed by atoms with Gasteiger partial charge in [0, 0.05) is 37.1 Å². The van der Waals surface area contributed by atoms with Gasteiger partial charge in [0.1, 0.15) is 0 Å². The highest BCUT2D eigenvalue weighted by Crippen LogP contribution is 2.21. The van der Waals surface area contributed by atoms with Crippen molar-refractivity contribution in [3.05, 3.63) is 59.2 Å². The van der Waals surface area contributed by atoms with Crippen LogP contribution in [0.3, 0.4) is 0 Å². The molecule has 0 radical (unpaired) electrons. The van der Waals surface area contributed by atoms with Gasteiger partial charge >= 0.3 is 0 Å². The van der Waals surface area contributed by atoms with Crippen LogP contribution in [0, 0.1) is 20.8 Å². The highest BCUT2D eigenvalue weighted by Gasteiger charge is 2.25. The molecule has 1 unspecified atom stereocenters. The fraction of sp³-hybridized carbons (Fsp3) is 0.409. The Balaban J connectivity index is 1.56. The van der Waals surface area contributed by atoms with E-state index in [9.17, 15) is 4.79 Å². The molecule has 26 heavy (non-hydrogen) atoms. The third kappa shape index (κ3) is 4.44. The van der Waals surface area contributed by atoms with E-state index in [4.69, 9.17) is 0 Å². The van der Waals surface area contributed by atoms with Crippen molar-refractivity contribution in [2.75, 3.05) is 36.4 Å². The van der Waals surface area contributed by atoms with Gasteiger partial charge in [0.25, 0.3) is 0 Å². The highest BCUT2D eigenvalue weighted by molar-refractivity contribution is 5.93. The van der Waals surface area contributed by atoms with Crippen LogP contribution in [0.1, 0.15) is 23.6 Å². The lowest BCUT2D eigenvalue weighted by Crippen LogP contribution is -2.53. The summed E-state index contributed by atoms with van der Waals surface area (Å²) >= 11 is 0. The largest absolute Gasteiger partial charge is 0.366 e. The summed E-state index contributed by atoms with van der Waals surface area (Å²) in [5, 5.41) is 3.07. The summed E-state index contributed by atoms with van der Waals surface area (Å²) in [6, 6.07) is 15.2. The van der Waals surface area contributed by atoms with E-state index < -0.39 is 0 Å². The fourth-order valence-corrected chi connectivity index (χ4v) is 3.56. The summed E-state index contributed by atoms with van der Waals surface area (Å²) in [5.74, 6) is 0.0645. The number of carbonyl (C=O) groups is 1. The molecule has 0 spiro atoms. The molecule has 3 rings (SSSR count). The lowest BCUT2D eigenvalue weighted by Gasteiger charge is -2.41. The molecule has 0 aliphatic carbocycles. The van der Waals surface area contributed by atoms with E-state index in [1.54, 1.807) is 0 Å². The van der Waals surface area contributed by atoms with Crippen LogP contribution >= 0.6 is 0 Å². The molecule has 4 nitrogen and oxygen atoms in total. The molecule has 1 heterocycles. The molecule has 1 atom stereocenters. The number of rotatable bonds is 4. The summed E-state index contributed by atoms with van der Waals surface area (Å²) in [4.78, 5) is 17.1. The number of benzene rings is 2. The number of hydrogen-bond acceptors (Lipinski definition) is 3. The smallest absolute Gasteiger partial charge is 0.238 e. The summed E-state index contributed by atoms with van der Waals surface area (Å²) < 4.78 is 0. The van der Waals surface area contributed by atoms with E-state index in [0.717, 1.165) is 36.4 Å². The van der Waals surface area contributed by atoms with Gasteiger partial charge in [-0.1, -0.05) is 29.8 Å². The molecule has 0 saturated carbocycles. The molecule has 1 amide bonds. The van der Waals surface area contributed by atoms with Crippen LogP contribution in [0.4, 0.5) is 11.4 Å². The zero-order valence-electron chi connectivity index (χ0n) is 16.2. The second-order valence-electron chi connectivity index (χ2n) is 7.48. The van der Waals surface area contributed by atoms with Crippen molar-refractivity contribution in [3.8, 4) is 0 Å². The average Bonchev–Trinajstić information content (AvgIpc) is 2.59. The fourth-order valence-electron chi connectivity index (χ4n) is 3.56. The predicted octanol–water partition coefficient (Wildman–Crippen LogP) is 3.76. The van der Waals surface area contributed by atoms with Gasteiger partial charge < -0.3 is 10.2 Å². The highest BCUT2D eigenvalue weighted by atomic mass is 16.2. The molecule has 2 aromatic rings. The van der Waals surface area contributed by atoms with Crippen molar-refractivity contribution in [1.82, 2.24) is 4.90 Å². The van der Waals surface area contributed by atoms with E-state index in [1.165, 1.54) is 11.3 Å². The van der Waals surface area contributed by atoms with E-state index in [1.807, 2.05) is 26.0 Å². The Labute approximate surface area is 156 Å². The molecule has 1 saturated heterocycles. The van der Waals surface area contributed by atoms with E-state index in [-0.39, 0.29) is 5.91 Å². The van der Waals surface area contributed by atoms with Crippen LogP contribution in [0.15, 0.2) is 42.5 Å². The molecular weight excluding hydrogens is 322 g/mol. The topological polar surface area (TPSA) is 35.6 Å². The van der Waals surface area contributed by atoms with Gasteiger partial charge in [-0.25, -0.2) is 0 Å². The lowest BCUT2D eigenvalue weighted by atomic mass is 10.1. The van der Waals surface area contributed by atoms with Gasteiger partial charge in [0.05, 0.1) is 6.54 Å². The lowest BCUT2D eigenvalue weighted by molar-refractivity contribution is -0.117. The van der Waals surface area contributed by atoms with Crippen LogP contribution < -0.4 is 10.2 Å². The maximum atomic E-state index is 12.5. The van der Waals surface area contributed by atoms with Crippen molar-refractivity contribution in [2.24, 2.45) is 0 Å². The Kier molecular flexibility index (Phi) is 5.62. The number of aryl methyl sites for hydroxylation is 3. The quantitative estimate of drug-likeness (QED) is 0.911. The standard InChI is InChI=1S/C22H29N3O/c1-16-6-9-20(10-7-16)25-12-11-24(14-19(25)4)15-22(26)23-21-13-17(2)5-8-18(21)3/h5-10,13,19H,11-12,14-15H2,1-4H3,(H,23,26). The van der Waals surface area contributed by atoms with Gasteiger partial charge in [0.2, 0.25) is 5.91 Å². The first-order valence-corrected chi connectivity index (χ1v) is 9.35. The Morgan fingerprint density at radius 3 is 2.42 bits per heavy atom. The Morgan fingerprint density at radius 2 is 1.73 bits per heavy atom.